The molecule has 0 spiro atoms. The normalized spacial score (nSPS) is 14.4. The zero-order chi connectivity index (χ0) is 20.2. The van der Waals surface area contributed by atoms with Crippen LogP contribution in [-0.4, -0.2) is 23.9 Å². The summed E-state index contributed by atoms with van der Waals surface area (Å²) >= 11 is 6.14. The van der Waals surface area contributed by atoms with E-state index in [1.807, 2.05) is 24.3 Å². The third kappa shape index (κ3) is 2.73. The number of amides is 1. The average Bonchev–Trinajstić information content (AvgIpc) is 3.11. The maximum absolute atomic E-state index is 13.4. The van der Waals surface area contributed by atoms with Crippen LogP contribution in [-0.2, 0) is 21.2 Å². The second kappa shape index (κ2) is 6.43. The van der Waals surface area contributed by atoms with Crippen LogP contribution >= 0.6 is 11.6 Å². The number of anilines is 2. The molecule has 5 rings (SSSR count). The van der Waals surface area contributed by atoms with Crippen molar-refractivity contribution in [2.24, 2.45) is 0 Å². The number of carbonyl (C=O) groups excluding carboxylic acids is 1. The number of hydrogen-bond acceptors (Lipinski definition) is 4. The van der Waals surface area contributed by atoms with Crippen LogP contribution < -0.4 is 4.90 Å². The summed E-state index contributed by atoms with van der Waals surface area (Å²) in [4.78, 5) is 19.3. The Morgan fingerprint density at radius 1 is 0.931 bits per heavy atom. The van der Waals surface area contributed by atoms with E-state index in [-0.39, 0.29) is 27.9 Å². The highest BCUT2D eigenvalue weighted by Crippen LogP contribution is 2.45. The first kappa shape index (κ1) is 17.9. The Morgan fingerprint density at radius 3 is 2.52 bits per heavy atom. The smallest absolute Gasteiger partial charge is 0.251 e. The Bertz CT molecular complexity index is 1400. The highest BCUT2D eigenvalue weighted by atomic mass is 35.5. The molecule has 0 saturated carbocycles. The Hall–Kier alpha value is -3.16. The first-order chi connectivity index (χ1) is 14.0. The summed E-state index contributed by atoms with van der Waals surface area (Å²) in [5.41, 5.74) is 2.18. The first-order valence-corrected chi connectivity index (χ1v) is 10.7. The number of sulfone groups is 1. The third-order valence-corrected chi connectivity index (χ3v) is 7.01. The summed E-state index contributed by atoms with van der Waals surface area (Å²) < 4.78 is 27.9. The van der Waals surface area contributed by atoms with E-state index in [1.165, 1.54) is 29.2 Å². The number of benzene rings is 3. The molecule has 2 heterocycles. The number of hydrogen-bond donors (Lipinski definition) is 0. The topological polar surface area (TPSA) is 72.3 Å². The van der Waals surface area contributed by atoms with Gasteiger partial charge >= 0.3 is 0 Å². The van der Waals surface area contributed by atoms with Crippen molar-refractivity contribution in [1.29, 1.82) is 0 Å². The number of imidazole rings is 1. The summed E-state index contributed by atoms with van der Waals surface area (Å²) in [5.74, 6) is -0.293. The Balaban J connectivity index is 1.67. The minimum atomic E-state index is -3.75. The van der Waals surface area contributed by atoms with Crippen LogP contribution in [0.2, 0.25) is 5.02 Å². The molecule has 1 aliphatic heterocycles. The van der Waals surface area contributed by atoms with Crippen LogP contribution in [0.3, 0.4) is 0 Å². The van der Waals surface area contributed by atoms with Crippen molar-refractivity contribution in [1.82, 2.24) is 9.55 Å². The van der Waals surface area contributed by atoms with Crippen molar-refractivity contribution in [3.05, 3.63) is 78.1 Å². The second-order valence-corrected chi connectivity index (χ2v) is 9.00. The Labute approximate surface area is 171 Å². The number of aromatic nitrogens is 2. The van der Waals surface area contributed by atoms with Gasteiger partial charge in [0, 0.05) is 5.02 Å². The molecule has 0 aliphatic carbocycles. The summed E-state index contributed by atoms with van der Waals surface area (Å²) in [5, 5.41) is 0.351. The van der Waals surface area contributed by atoms with Crippen LogP contribution in [0.25, 0.3) is 11.0 Å². The molecule has 3 aromatic carbocycles. The van der Waals surface area contributed by atoms with E-state index >= 15 is 0 Å². The maximum Gasteiger partial charge on any atom is 0.251 e. The predicted molar refractivity (Wildman–Crippen MR) is 110 cm³/mol. The van der Waals surface area contributed by atoms with Crippen LogP contribution in [0.1, 0.15) is 0 Å². The maximum atomic E-state index is 13.4. The standard InChI is InChI=1S/C21H14ClN3O3S/c22-14-9-10-20-18(11-14)25(17-7-3-4-8-19(17)29(20,27)28)21(26)12-24-13-23-15-5-1-2-6-16(15)24/h1-11,13H,12H2. The first-order valence-electron chi connectivity index (χ1n) is 8.83. The molecule has 4 aromatic rings. The summed E-state index contributed by atoms with van der Waals surface area (Å²) in [6.45, 7) is 0.000842. The van der Waals surface area contributed by atoms with Crippen LogP contribution in [0.5, 0.6) is 0 Å². The lowest BCUT2D eigenvalue weighted by Gasteiger charge is -2.31. The molecule has 6 nitrogen and oxygen atoms in total. The van der Waals surface area contributed by atoms with Gasteiger partial charge in [-0.2, -0.15) is 0 Å². The third-order valence-electron chi connectivity index (χ3n) is 4.93. The average molecular weight is 424 g/mol. The molecule has 0 bridgehead atoms. The van der Waals surface area contributed by atoms with Gasteiger partial charge in [0.25, 0.3) is 5.91 Å². The monoisotopic (exact) mass is 423 g/mol. The molecule has 8 heteroatoms. The molecule has 0 fully saturated rings. The highest BCUT2D eigenvalue weighted by molar-refractivity contribution is 7.92. The molecule has 0 N–H and O–H groups in total. The minimum Gasteiger partial charge on any atom is -0.321 e. The number of fused-ring (bicyclic) bond motifs is 3. The number of para-hydroxylation sites is 3. The number of rotatable bonds is 2. The quantitative estimate of drug-likeness (QED) is 0.484. The molecule has 1 aliphatic rings. The second-order valence-electron chi connectivity index (χ2n) is 6.67. The molecule has 0 atom stereocenters. The zero-order valence-corrected chi connectivity index (χ0v) is 16.6. The van der Waals surface area contributed by atoms with Gasteiger partial charge in [0.15, 0.2) is 0 Å². The lowest BCUT2D eigenvalue weighted by molar-refractivity contribution is -0.118. The molecule has 144 valence electrons. The van der Waals surface area contributed by atoms with Crippen molar-refractivity contribution in [2.75, 3.05) is 4.90 Å². The molecular formula is C21H14ClN3O3S. The van der Waals surface area contributed by atoms with Gasteiger partial charge in [0.2, 0.25) is 9.84 Å². The van der Waals surface area contributed by atoms with Gasteiger partial charge in [0.05, 0.1) is 38.5 Å². The lowest BCUT2D eigenvalue weighted by atomic mass is 10.2. The molecule has 0 radical (unpaired) electrons. The van der Waals surface area contributed by atoms with Gasteiger partial charge in [-0.15, -0.1) is 0 Å². The largest absolute Gasteiger partial charge is 0.321 e. The number of halogens is 1. The van der Waals surface area contributed by atoms with Crippen molar-refractivity contribution in [3.8, 4) is 0 Å². The SMILES string of the molecule is O=C(Cn1cnc2ccccc21)N1c2ccccc2S(=O)(=O)c2ccc(Cl)cc21. The highest BCUT2D eigenvalue weighted by Gasteiger charge is 2.37. The van der Waals surface area contributed by atoms with Crippen molar-refractivity contribution < 1.29 is 13.2 Å². The van der Waals surface area contributed by atoms with Crippen molar-refractivity contribution >= 4 is 49.8 Å². The van der Waals surface area contributed by atoms with E-state index in [4.69, 9.17) is 11.6 Å². The number of carbonyl (C=O) groups is 1. The fourth-order valence-corrected chi connectivity index (χ4v) is 5.40. The van der Waals surface area contributed by atoms with Gasteiger partial charge in [-0.25, -0.2) is 13.4 Å². The molecule has 29 heavy (non-hydrogen) atoms. The van der Waals surface area contributed by atoms with Crippen molar-refractivity contribution in [3.63, 3.8) is 0 Å². The Morgan fingerprint density at radius 2 is 1.66 bits per heavy atom. The van der Waals surface area contributed by atoms with Gasteiger partial charge in [-0.3, -0.25) is 9.69 Å². The van der Waals surface area contributed by atoms with Gasteiger partial charge in [0.1, 0.15) is 6.54 Å². The van der Waals surface area contributed by atoms with Gasteiger partial charge in [-0.1, -0.05) is 35.9 Å². The van der Waals surface area contributed by atoms with E-state index in [0.29, 0.717) is 10.7 Å². The van der Waals surface area contributed by atoms with Crippen molar-refractivity contribution in [2.45, 2.75) is 16.3 Å². The molecule has 0 unspecified atom stereocenters. The predicted octanol–water partition coefficient (Wildman–Crippen LogP) is 4.20. The molecular weight excluding hydrogens is 410 g/mol. The van der Waals surface area contributed by atoms with E-state index in [2.05, 4.69) is 4.98 Å². The summed E-state index contributed by atoms with van der Waals surface area (Å²) in [6.07, 6.45) is 1.61. The van der Waals surface area contributed by atoms with E-state index in [9.17, 15) is 13.2 Å². The van der Waals surface area contributed by atoms with Crippen LogP contribution in [0, 0.1) is 0 Å². The van der Waals surface area contributed by atoms with Gasteiger partial charge in [-0.05, 0) is 42.5 Å². The fraction of sp³-hybridized carbons (Fsp3) is 0.0476. The van der Waals surface area contributed by atoms with Crippen LogP contribution in [0.15, 0.2) is 82.8 Å². The van der Waals surface area contributed by atoms with E-state index < -0.39 is 9.84 Å². The summed E-state index contributed by atoms with van der Waals surface area (Å²) in [7, 11) is -3.75. The fourth-order valence-electron chi connectivity index (χ4n) is 3.63. The van der Waals surface area contributed by atoms with Gasteiger partial charge < -0.3 is 4.57 Å². The van der Waals surface area contributed by atoms with Crippen LogP contribution in [0.4, 0.5) is 11.4 Å². The molecule has 0 saturated heterocycles. The van der Waals surface area contributed by atoms with E-state index in [1.54, 1.807) is 29.1 Å². The zero-order valence-electron chi connectivity index (χ0n) is 15.0. The lowest BCUT2D eigenvalue weighted by Crippen LogP contribution is -2.34. The summed E-state index contributed by atoms with van der Waals surface area (Å²) in [6, 6.07) is 18.5. The van der Waals surface area contributed by atoms with E-state index in [0.717, 1.165) is 11.0 Å². The molecule has 1 amide bonds. The molecule has 1 aromatic heterocycles. The minimum absolute atomic E-state index is 0.000842. The Kier molecular flexibility index (Phi) is 3.97. The number of nitrogens with zero attached hydrogens (tertiary/aromatic N) is 3.